The molecule has 0 unspecified atom stereocenters. The number of nitrogens with zero attached hydrogens (tertiary/aromatic N) is 2. The van der Waals surface area contributed by atoms with E-state index in [0.29, 0.717) is 0 Å². The molecule has 0 N–H and O–H groups in total. The third-order valence-corrected chi connectivity index (χ3v) is 22.0. The third-order valence-electron chi connectivity index (χ3n) is 22.0. The molecule has 2 heteroatoms. The molecule has 16 aromatic carbocycles. The number of hydrogen-bond donors (Lipinski definition) is 0. The van der Waals surface area contributed by atoms with E-state index in [0.717, 1.165) is 40.5 Å². The lowest BCUT2D eigenvalue weighted by Gasteiger charge is -2.28. The van der Waals surface area contributed by atoms with Gasteiger partial charge >= 0.3 is 0 Å². The molecule has 486 valence electrons. The van der Waals surface area contributed by atoms with Crippen molar-refractivity contribution in [2.24, 2.45) is 0 Å². The number of rotatable bonds is 14. The fourth-order valence-corrected chi connectivity index (χ4v) is 16.4. The Hall–Kier alpha value is -12.4. The summed E-state index contributed by atoms with van der Waals surface area (Å²) in [5, 5.41) is 5.00. The molecule has 0 heterocycles. The standard InChI is InChI=1S/C100H76N2/c1-66-24-45-82(46-25-66)101(86-53-58-93-91-56-42-79(62-95(91)99(2,3)97(93)64-86)73-32-28-71(29-33-73)68-16-8-6-9-17-68)85-51-40-76(41-52-85)89-55-44-81(88-22-14-15-23-90(88)89)60-67-26-47-83(48-27-67)102(84-49-38-75(39-50-84)78-37-36-70-20-12-13-21-77(70)61-78)87-54-59-94-92-57-43-80(63-96(92)100(4,5)98(94)65-87)74-34-30-72(31-35-74)69-18-10-7-11-19-69/h6-59,61-65H,60H2,1-5H3. The second kappa shape index (κ2) is 25.1. The maximum absolute atomic E-state index is 2.45. The number of aryl methyl sites for hydroxylation is 1. The first kappa shape index (κ1) is 61.9. The molecule has 0 saturated carbocycles. The third kappa shape index (κ3) is 11.1. The van der Waals surface area contributed by atoms with Crippen LogP contribution in [0.2, 0.25) is 0 Å². The van der Waals surface area contributed by atoms with E-state index in [1.165, 1.54) is 150 Å². The van der Waals surface area contributed by atoms with Crippen molar-refractivity contribution in [2.45, 2.75) is 51.9 Å². The summed E-state index contributed by atoms with van der Waals surface area (Å²) >= 11 is 0. The zero-order valence-electron chi connectivity index (χ0n) is 58.2. The predicted octanol–water partition coefficient (Wildman–Crippen LogP) is 27.4. The van der Waals surface area contributed by atoms with Crippen LogP contribution in [0.3, 0.4) is 0 Å². The first-order chi connectivity index (χ1) is 49.9. The van der Waals surface area contributed by atoms with Gasteiger partial charge in [-0.2, -0.15) is 0 Å². The van der Waals surface area contributed by atoms with Crippen molar-refractivity contribution >= 4 is 55.7 Å². The van der Waals surface area contributed by atoms with Crippen LogP contribution in [0, 0.1) is 6.92 Å². The predicted molar refractivity (Wildman–Crippen MR) is 433 cm³/mol. The molecule has 0 atom stereocenters. The van der Waals surface area contributed by atoms with Crippen LogP contribution in [-0.2, 0) is 17.3 Å². The van der Waals surface area contributed by atoms with Crippen molar-refractivity contribution in [3.63, 3.8) is 0 Å². The molecule has 0 aliphatic heterocycles. The van der Waals surface area contributed by atoms with E-state index in [9.17, 15) is 0 Å². The minimum Gasteiger partial charge on any atom is -0.310 e. The molecule has 0 aromatic heterocycles. The van der Waals surface area contributed by atoms with Gasteiger partial charge in [-0.1, -0.05) is 300 Å². The first-order valence-corrected chi connectivity index (χ1v) is 35.8. The lowest BCUT2D eigenvalue weighted by molar-refractivity contribution is 0.660. The van der Waals surface area contributed by atoms with Gasteiger partial charge in [0.05, 0.1) is 0 Å². The van der Waals surface area contributed by atoms with Crippen molar-refractivity contribution in [2.75, 3.05) is 9.80 Å². The van der Waals surface area contributed by atoms with Crippen molar-refractivity contribution < 1.29 is 0 Å². The van der Waals surface area contributed by atoms with Crippen LogP contribution in [0.1, 0.15) is 66.6 Å². The van der Waals surface area contributed by atoms with Crippen LogP contribution < -0.4 is 9.80 Å². The Morgan fingerprint density at radius 1 is 0.225 bits per heavy atom. The first-order valence-electron chi connectivity index (χ1n) is 35.8. The molecular formula is C100H76N2. The molecule has 0 saturated heterocycles. The average molecular weight is 1310 g/mol. The highest BCUT2D eigenvalue weighted by Gasteiger charge is 2.38. The van der Waals surface area contributed by atoms with Gasteiger partial charge in [0.15, 0.2) is 0 Å². The summed E-state index contributed by atoms with van der Waals surface area (Å²) in [6.07, 6.45) is 0.795. The zero-order chi connectivity index (χ0) is 68.6. The molecule has 16 aromatic rings. The summed E-state index contributed by atoms with van der Waals surface area (Å²) in [5.74, 6) is 0. The lowest BCUT2D eigenvalue weighted by atomic mass is 9.81. The fraction of sp³-hybridized carbons (Fsp3) is 0.0800. The van der Waals surface area contributed by atoms with Gasteiger partial charge in [-0.15, -0.1) is 0 Å². The Morgan fingerprint density at radius 2 is 0.549 bits per heavy atom. The van der Waals surface area contributed by atoms with Crippen LogP contribution in [0.5, 0.6) is 0 Å². The Labute approximate surface area is 599 Å². The number of anilines is 6. The van der Waals surface area contributed by atoms with Crippen molar-refractivity contribution in [1.29, 1.82) is 0 Å². The molecule has 2 aliphatic rings. The van der Waals surface area contributed by atoms with Crippen LogP contribution in [0.15, 0.2) is 358 Å². The highest BCUT2D eigenvalue weighted by Crippen LogP contribution is 2.54. The monoisotopic (exact) mass is 1300 g/mol. The van der Waals surface area contributed by atoms with Gasteiger partial charge in [0, 0.05) is 45.0 Å². The van der Waals surface area contributed by atoms with Gasteiger partial charge in [-0.3, -0.25) is 0 Å². The summed E-state index contributed by atoms with van der Waals surface area (Å²) in [6, 6.07) is 133. The quantitative estimate of drug-likeness (QED) is 0.107. The smallest absolute Gasteiger partial charge is 0.0465 e. The van der Waals surface area contributed by atoms with Crippen molar-refractivity contribution in [3.05, 3.63) is 397 Å². The highest BCUT2D eigenvalue weighted by molar-refractivity contribution is 6.00. The van der Waals surface area contributed by atoms with Gasteiger partial charge in [0.25, 0.3) is 0 Å². The van der Waals surface area contributed by atoms with Gasteiger partial charge in [-0.05, 0) is 248 Å². The Kier molecular flexibility index (Phi) is 15.3. The van der Waals surface area contributed by atoms with E-state index in [4.69, 9.17) is 0 Å². The molecule has 18 rings (SSSR count). The van der Waals surface area contributed by atoms with Gasteiger partial charge in [-0.25, -0.2) is 0 Å². The average Bonchev–Trinajstić information content (AvgIpc) is 1.57. The van der Waals surface area contributed by atoms with Gasteiger partial charge < -0.3 is 9.80 Å². The minimum atomic E-state index is -0.235. The van der Waals surface area contributed by atoms with E-state index in [1.54, 1.807) is 0 Å². The van der Waals surface area contributed by atoms with Crippen LogP contribution in [-0.4, -0.2) is 0 Å². The fourth-order valence-electron chi connectivity index (χ4n) is 16.4. The van der Waals surface area contributed by atoms with Gasteiger partial charge in [0.2, 0.25) is 0 Å². The summed E-state index contributed by atoms with van der Waals surface area (Å²) in [5.41, 5.74) is 35.3. The molecule has 0 bridgehead atoms. The summed E-state index contributed by atoms with van der Waals surface area (Å²) < 4.78 is 0. The summed E-state index contributed by atoms with van der Waals surface area (Å²) in [6.45, 7) is 11.7. The Balaban J connectivity index is 0.632. The topological polar surface area (TPSA) is 6.48 Å². The molecule has 2 nitrogen and oxygen atoms in total. The molecule has 0 fully saturated rings. The van der Waals surface area contributed by atoms with Crippen LogP contribution >= 0.6 is 0 Å². The van der Waals surface area contributed by atoms with Crippen LogP contribution in [0.25, 0.3) is 111 Å². The van der Waals surface area contributed by atoms with Crippen molar-refractivity contribution in [3.8, 4) is 89.0 Å². The van der Waals surface area contributed by atoms with E-state index in [1.807, 2.05) is 0 Å². The normalized spacial score (nSPS) is 13.0. The molecule has 102 heavy (non-hydrogen) atoms. The van der Waals surface area contributed by atoms with Crippen LogP contribution in [0.4, 0.5) is 34.1 Å². The van der Waals surface area contributed by atoms with E-state index < -0.39 is 0 Å². The molecular weight excluding hydrogens is 1230 g/mol. The number of hydrogen-bond acceptors (Lipinski definition) is 2. The van der Waals surface area contributed by atoms with E-state index in [-0.39, 0.29) is 10.8 Å². The maximum Gasteiger partial charge on any atom is 0.0465 e. The number of benzene rings is 16. The van der Waals surface area contributed by atoms with E-state index in [2.05, 4.69) is 402 Å². The molecule has 2 aliphatic carbocycles. The van der Waals surface area contributed by atoms with Gasteiger partial charge in [0.1, 0.15) is 0 Å². The lowest BCUT2D eigenvalue weighted by Crippen LogP contribution is -2.16. The second-order valence-corrected chi connectivity index (χ2v) is 28.9. The summed E-state index contributed by atoms with van der Waals surface area (Å²) in [7, 11) is 0. The zero-order valence-corrected chi connectivity index (χ0v) is 58.2. The summed E-state index contributed by atoms with van der Waals surface area (Å²) in [4.78, 5) is 4.86. The molecule has 0 spiro atoms. The SMILES string of the molecule is Cc1ccc(N(c2ccc(-c3ccc(Cc4ccc(N(c5ccc(-c6ccc7ccccc7c6)cc5)c5ccc6c(c5)C(C)(C)c5cc(-c7ccc(-c8ccccc8)cc7)ccc5-6)cc4)c4ccccc34)cc2)c2ccc3c(c2)C(C)(C)c2cc(-c4ccc(-c5ccccc5)cc4)ccc2-3)cc1. The maximum atomic E-state index is 2.45. The van der Waals surface area contributed by atoms with E-state index >= 15 is 0 Å². The second-order valence-electron chi connectivity index (χ2n) is 28.9. The largest absolute Gasteiger partial charge is 0.310 e. The number of fused-ring (bicyclic) bond motifs is 8. The highest BCUT2D eigenvalue weighted by atomic mass is 15.1. The Bertz CT molecular complexity index is 5850. The minimum absolute atomic E-state index is 0.213. The van der Waals surface area contributed by atoms with Crippen molar-refractivity contribution in [1.82, 2.24) is 0 Å². The molecule has 0 radical (unpaired) electrons. The molecule has 0 amide bonds. The Morgan fingerprint density at radius 3 is 1.04 bits per heavy atom.